The van der Waals surface area contributed by atoms with E-state index in [9.17, 15) is 18.8 Å². The summed E-state index contributed by atoms with van der Waals surface area (Å²) in [5.74, 6) is -1.59. The van der Waals surface area contributed by atoms with E-state index in [4.69, 9.17) is 9.84 Å². The van der Waals surface area contributed by atoms with Gasteiger partial charge in [-0.25, -0.2) is 4.39 Å². The first kappa shape index (κ1) is 19.9. The van der Waals surface area contributed by atoms with Crippen molar-refractivity contribution in [3.8, 4) is 5.75 Å². The molecule has 6 nitrogen and oxygen atoms in total. The van der Waals surface area contributed by atoms with Crippen molar-refractivity contribution in [1.29, 1.82) is 0 Å². The van der Waals surface area contributed by atoms with E-state index in [1.807, 2.05) is 0 Å². The maximum atomic E-state index is 13.7. The van der Waals surface area contributed by atoms with Gasteiger partial charge in [-0.2, -0.15) is 0 Å². The number of carboxylic acids is 1. The Morgan fingerprint density at radius 2 is 2.04 bits per heavy atom. The van der Waals surface area contributed by atoms with Crippen molar-refractivity contribution >= 4 is 17.7 Å². The number of carboxylic acid groups (broad SMARTS) is 1. The van der Waals surface area contributed by atoms with E-state index in [-0.39, 0.29) is 48.2 Å². The van der Waals surface area contributed by atoms with Crippen molar-refractivity contribution in [1.82, 2.24) is 4.90 Å². The maximum absolute atomic E-state index is 13.7. The molecule has 1 aromatic carbocycles. The molecular formula is C19H24FNO5. The molecule has 0 aromatic heterocycles. The van der Waals surface area contributed by atoms with Crippen LogP contribution in [0.4, 0.5) is 4.39 Å². The van der Waals surface area contributed by atoms with E-state index in [0.29, 0.717) is 19.5 Å². The van der Waals surface area contributed by atoms with E-state index < -0.39 is 11.8 Å². The summed E-state index contributed by atoms with van der Waals surface area (Å²) in [4.78, 5) is 36.9. The zero-order valence-corrected chi connectivity index (χ0v) is 14.9. The van der Waals surface area contributed by atoms with Crippen molar-refractivity contribution in [2.24, 2.45) is 5.92 Å². The van der Waals surface area contributed by atoms with Gasteiger partial charge in [0.1, 0.15) is 0 Å². The molecule has 1 aromatic rings. The molecule has 7 heteroatoms. The van der Waals surface area contributed by atoms with Gasteiger partial charge in [0.15, 0.2) is 17.3 Å². The van der Waals surface area contributed by atoms with Gasteiger partial charge in [0, 0.05) is 37.9 Å². The predicted octanol–water partition coefficient (Wildman–Crippen LogP) is 2.90. The monoisotopic (exact) mass is 365 g/mol. The number of rotatable bonds is 8. The molecule has 1 amide bonds. The van der Waals surface area contributed by atoms with Gasteiger partial charge in [0.2, 0.25) is 5.91 Å². The number of methoxy groups -OCH3 is 1. The third kappa shape index (κ3) is 5.54. The van der Waals surface area contributed by atoms with Crippen molar-refractivity contribution in [2.45, 2.75) is 38.5 Å². The van der Waals surface area contributed by atoms with Crippen LogP contribution in [0, 0.1) is 11.7 Å². The normalized spacial score (nSPS) is 17.0. The summed E-state index contributed by atoms with van der Waals surface area (Å²) < 4.78 is 18.5. The number of carbonyl (C=O) groups is 3. The molecule has 1 fully saturated rings. The number of hydrogen-bond donors (Lipinski definition) is 1. The third-order valence-corrected chi connectivity index (χ3v) is 4.68. The largest absolute Gasteiger partial charge is 0.494 e. The number of nitrogens with zero attached hydrogens (tertiary/aromatic N) is 1. The van der Waals surface area contributed by atoms with Crippen LogP contribution in [0.2, 0.25) is 0 Å². The minimum atomic E-state index is -0.828. The summed E-state index contributed by atoms with van der Waals surface area (Å²) in [6.07, 6.45) is 2.51. The zero-order valence-electron chi connectivity index (χ0n) is 14.9. The maximum Gasteiger partial charge on any atom is 0.303 e. The molecule has 26 heavy (non-hydrogen) atoms. The first-order chi connectivity index (χ1) is 12.4. The van der Waals surface area contributed by atoms with Crippen LogP contribution in [0.25, 0.3) is 0 Å². The number of piperidine rings is 1. The fourth-order valence-electron chi connectivity index (χ4n) is 3.22. The Kier molecular flexibility index (Phi) is 7.12. The molecule has 0 spiro atoms. The fourth-order valence-corrected chi connectivity index (χ4v) is 3.22. The van der Waals surface area contributed by atoms with E-state index >= 15 is 0 Å². The van der Waals surface area contributed by atoms with Crippen LogP contribution in [0.1, 0.15) is 48.9 Å². The lowest BCUT2D eigenvalue weighted by Gasteiger charge is -2.32. The summed E-state index contributed by atoms with van der Waals surface area (Å²) in [7, 11) is 1.35. The number of benzene rings is 1. The van der Waals surface area contributed by atoms with Crippen LogP contribution in [0.3, 0.4) is 0 Å². The highest BCUT2D eigenvalue weighted by molar-refractivity contribution is 5.98. The highest BCUT2D eigenvalue weighted by Crippen LogP contribution is 2.22. The SMILES string of the molecule is COc1ccc(C(=O)CCC(=O)N2CCCC(CCC(=O)O)C2)cc1F. The number of aliphatic carboxylic acids is 1. The number of likely N-dealkylation sites (tertiary alicyclic amines) is 1. The van der Waals surface area contributed by atoms with E-state index in [2.05, 4.69) is 0 Å². The highest BCUT2D eigenvalue weighted by atomic mass is 19.1. The van der Waals surface area contributed by atoms with E-state index in [1.54, 1.807) is 4.90 Å². The fraction of sp³-hybridized carbons (Fsp3) is 0.526. The van der Waals surface area contributed by atoms with E-state index in [0.717, 1.165) is 18.9 Å². The second-order valence-electron chi connectivity index (χ2n) is 6.55. The molecule has 2 rings (SSSR count). The average molecular weight is 365 g/mol. The molecule has 0 radical (unpaired) electrons. The lowest BCUT2D eigenvalue weighted by molar-refractivity contribution is -0.137. The van der Waals surface area contributed by atoms with Gasteiger partial charge in [0.25, 0.3) is 0 Å². The summed E-state index contributed by atoms with van der Waals surface area (Å²) in [5, 5.41) is 8.77. The Bertz CT molecular complexity index is 676. The summed E-state index contributed by atoms with van der Waals surface area (Å²) in [6.45, 7) is 1.17. The van der Waals surface area contributed by atoms with Crippen LogP contribution in [-0.4, -0.2) is 47.9 Å². The Labute approximate surface area is 151 Å². The summed E-state index contributed by atoms with van der Waals surface area (Å²) in [5.41, 5.74) is 0.217. The molecule has 142 valence electrons. The Morgan fingerprint density at radius 3 is 2.69 bits per heavy atom. The van der Waals surface area contributed by atoms with Gasteiger partial charge in [-0.05, 0) is 43.4 Å². The summed E-state index contributed by atoms with van der Waals surface area (Å²) >= 11 is 0. The molecule has 1 aliphatic heterocycles. The van der Waals surface area contributed by atoms with Gasteiger partial charge in [-0.1, -0.05) is 0 Å². The quantitative estimate of drug-likeness (QED) is 0.716. The Hall–Kier alpha value is -2.44. The van der Waals surface area contributed by atoms with Gasteiger partial charge in [0.05, 0.1) is 7.11 Å². The van der Waals surface area contributed by atoms with Gasteiger partial charge < -0.3 is 14.7 Å². The molecule has 0 saturated carbocycles. The molecule has 1 heterocycles. The number of hydrogen-bond acceptors (Lipinski definition) is 4. The second kappa shape index (κ2) is 9.31. The molecule has 1 N–H and O–H groups in total. The van der Waals surface area contributed by atoms with Gasteiger partial charge in [-0.15, -0.1) is 0 Å². The number of carbonyl (C=O) groups excluding carboxylic acids is 2. The minimum absolute atomic E-state index is 0.0148. The van der Waals surface area contributed by atoms with Crippen molar-refractivity contribution in [3.05, 3.63) is 29.6 Å². The van der Waals surface area contributed by atoms with Crippen LogP contribution in [0.5, 0.6) is 5.75 Å². The first-order valence-electron chi connectivity index (χ1n) is 8.77. The molecule has 1 unspecified atom stereocenters. The molecule has 0 bridgehead atoms. The van der Waals surface area contributed by atoms with Crippen molar-refractivity contribution in [3.63, 3.8) is 0 Å². The van der Waals surface area contributed by atoms with Crippen LogP contribution in [-0.2, 0) is 9.59 Å². The van der Waals surface area contributed by atoms with Gasteiger partial charge >= 0.3 is 5.97 Å². The highest BCUT2D eigenvalue weighted by Gasteiger charge is 2.24. The molecule has 1 aliphatic rings. The van der Waals surface area contributed by atoms with E-state index in [1.165, 1.54) is 19.2 Å². The van der Waals surface area contributed by atoms with Crippen molar-refractivity contribution in [2.75, 3.05) is 20.2 Å². The standard InChI is InChI=1S/C19H24FNO5/c1-26-17-7-5-14(11-15(17)20)16(22)6-8-18(23)21-10-2-3-13(12-21)4-9-19(24)25/h5,7,11,13H,2-4,6,8-10,12H2,1H3,(H,24,25). The van der Waals surface area contributed by atoms with Crippen LogP contribution >= 0.6 is 0 Å². The average Bonchev–Trinajstić information content (AvgIpc) is 2.64. The Balaban J connectivity index is 1.84. The lowest BCUT2D eigenvalue weighted by Crippen LogP contribution is -2.40. The third-order valence-electron chi connectivity index (χ3n) is 4.68. The minimum Gasteiger partial charge on any atom is -0.494 e. The first-order valence-corrected chi connectivity index (χ1v) is 8.77. The number of halogens is 1. The molecule has 1 saturated heterocycles. The zero-order chi connectivity index (χ0) is 19.1. The van der Waals surface area contributed by atoms with Crippen LogP contribution in [0.15, 0.2) is 18.2 Å². The predicted molar refractivity (Wildman–Crippen MR) is 92.7 cm³/mol. The van der Waals surface area contributed by atoms with Crippen molar-refractivity contribution < 1.29 is 28.6 Å². The topological polar surface area (TPSA) is 83.9 Å². The van der Waals surface area contributed by atoms with Crippen LogP contribution < -0.4 is 4.74 Å². The number of Topliss-reactive ketones (excluding diaryl/α,β-unsaturated/α-hetero) is 1. The second-order valence-corrected chi connectivity index (χ2v) is 6.55. The number of amides is 1. The molecule has 1 atom stereocenters. The smallest absolute Gasteiger partial charge is 0.303 e. The molecular weight excluding hydrogens is 341 g/mol. The van der Waals surface area contributed by atoms with Gasteiger partial charge in [-0.3, -0.25) is 14.4 Å². The lowest BCUT2D eigenvalue weighted by atomic mass is 9.93. The molecule has 0 aliphatic carbocycles. The Morgan fingerprint density at radius 1 is 1.27 bits per heavy atom. The summed E-state index contributed by atoms with van der Waals surface area (Å²) in [6, 6.07) is 3.99. The number of ketones is 1. The number of ether oxygens (including phenoxy) is 1.